The topological polar surface area (TPSA) is 39.2 Å². The van der Waals surface area contributed by atoms with Gasteiger partial charge in [0.05, 0.1) is 10.4 Å². The summed E-state index contributed by atoms with van der Waals surface area (Å²) in [7, 11) is 1.52. The van der Waals surface area contributed by atoms with Crippen molar-refractivity contribution < 1.29 is 9.53 Å². The van der Waals surface area contributed by atoms with Crippen molar-refractivity contribution in [2.75, 3.05) is 7.11 Å². The minimum Gasteiger partial charge on any atom is -0.368 e. The van der Waals surface area contributed by atoms with Crippen LogP contribution in [-0.2, 0) is 9.53 Å². The summed E-state index contributed by atoms with van der Waals surface area (Å²) >= 11 is 1.43. The number of hydrogen-bond acceptors (Lipinski definition) is 4. The van der Waals surface area contributed by atoms with E-state index in [-0.39, 0.29) is 5.78 Å². The minimum absolute atomic E-state index is 0.0109. The summed E-state index contributed by atoms with van der Waals surface area (Å²) in [5.41, 5.74) is 1.68. The number of ketones is 1. The average Bonchev–Trinajstić information content (AvgIpc) is 2.40. The maximum Gasteiger partial charge on any atom is 0.163 e. The zero-order chi connectivity index (χ0) is 8.27. The van der Waals surface area contributed by atoms with Gasteiger partial charge in [0.1, 0.15) is 0 Å². The Kier molecular flexibility index (Phi) is 2.73. The summed E-state index contributed by atoms with van der Waals surface area (Å²) in [6, 6.07) is 0. The van der Waals surface area contributed by atoms with Crippen molar-refractivity contribution >= 4 is 17.1 Å². The van der Waals surface area contributed by atoms with Crippen LogP contribution < -0.4 is 0 Å². The summed E-state index contributed by atoms with van der Waals surface area (Å²) < 4.78 is 4.98. The van der Waals surface area contributed by atoms with Gasteiger partial charge in [0.25, 0.3) is 0 Å². The second-order valence-corrected chi connectivity index (χ2v) is 3.05. The molecule has 0 aliphatic heterocycles. The van der Waals surface area contributed by atoms with Crippen LogP contribution in [-0.4, -0.2) is 17.9 Å². The predicted molar refractivity (Wildman–Crippen MR) is 42.5 cm³/mol. The molecule has 0 saturated heterocycles. The first-order valence-corrected chi connectivity index (χ1v) is 4.05. The van der Waals surface area contributed by atoms with Crippen LogP contribution in [0.5, 0.6) is 0 Å². The summed E-state index contributed by atoms with van der Waals surface area (Å²) in [5, 5.41) is 0. The molecule has 0 N–H and O–H groups in total. The van der Waals surface area contributed by atoms with Gasteiger partial charge in [0.2, 0.25) is 0 Å². The lowest BCUT2D eigenvalue weighted by molar-refractivity contribution is -0.126. The summed E-state index contributed by atoms with van der Waals surface area (Å²) in [6.45, 7) is 1.51. The zero-order valence-electron chi connectivity index (χ0n) is 6.40. The van der Waals surface area contributed by atoms with Gasteiger partial charge in [-0.1, -0.05) is 0 Å². The van der Waals surface area contributed by atoms with E-state index in [4.69, 9.17) is 4.74 Å². The number of carbonyl (C=O) groups is 1. The molecule has 1 aromatic heterocycles. The molecule has 4 heteroatoms. The number of ether oxygens (including phenoxy) is 1. The molecular formula is C7H9NO2S. The monoisotopic (exact) mass is 171 g/mol. The largest absolute Gasteiger partial charge is 0.368 e. The zero-order valence-corrected chi connectivity index (χ0v) is 7.22. The fraction of sp³-hybridized carbons (Fsp3) is 0.429. The number of carbonyl (C=O) groups excluding carboxylic acids is 1. The maximum atomic E-state index is 10.9. The van der Waals surface area contributed by atoms with Crippen LogP contribution >= 0.6 is 11.3 Å². The Balaban J connectivity index is 2.79. The first-order chi connectivity index (χ1) is 5.25. The minimum atomic E-state index is -0.428. The molecule has 0 aromatic carbocycles. The van der Waals surface area contributed by atoms with Crippen LogP contribution in [0.4, 0.5) is 0 Å². The van der Waals surface area contributed by atoms with Crippen LogP contribution in [0.25, 0.3) is 0 Å². The first-order valence-electron chi connectivity index (χ1n) is 3.17. The normalized spacial score (nSPS) is 12.9. The fourth-order valence-electron chi connectivity index (χ4n) is 0.838. The number of hydrogen-bond donors (Lipinski definition) is 0. The fourth-order valence-corrected chi connectivity index (χ4v) is 1.59. The Morgan fingerprint density at radius 1 is 1.82 bits per heavy atom. The van der Waals surface area contributed by atoms with Crippen LogP contribution in [0.3, 0.4) is 0 Å². The highest BCUT2D eigenvalue weighted by Crippen LogP contribution is 2.20. The number of methoxy groups -OCH3 is 1. The van der Waals surface area contributed by atoms with Gasteiger partial charge in [-0.3, -0.25) is 9.78 Å². The van der Waals surface area contributed by atoms with E-state index in [1.807, 2.05) is 0 Å². The van der Waals surface area contributed by atoms with Crippen LogP contribution in [0.15, 0.2) is 11.7 Å². The predicted octanol–water partition coefficient (Wildman–Crippen LogP) is 1.42. The van der Waals surface area contributed by atoms with Gasteiger partial charge in [-0.25, -0.2) is 0 Å². The van der Waals surface area contributed by atoms with Gasteiger partial charge in [-0.05, 0) is 6.92 Å². The van der Waals surface area contributed by atoms with E-state index in [0.717, 1.165) is 4.88 Å². The third-order valence-electron chi connectivity index (χ3n) is 1.31. The first kappa shape index (κ1) is 8.36. The molecule has 0 saturated carbocycles. The molecule has 1 unspecified atom stereocenters. The molecule has 0 radical (unpaired) electrons. The quantitative estimate of drug-likeness (QED) is 0.690. The summed E-state index contributed by atoms with van der Waals surface area (Å²) in [5.74, 6) is 0.0109. The molecule has 0 bridgehead atoms. The molecule has 3 nitrogen and oxygen atoms in total. The van der Waals surface area contributed by atoms with Crippen molar-refractivity contribution in [1.29, 1.82) is 0 Å². The van der Waals surface area contributed by atoms with Crippen molar-refractivity contribution in [3.63, 3.8) is 0 Å². The number of Topliss-reactive ketones (excluding diaryl/α,β-unsaturated/α-hetero) is 1. The summed E-state index contributed by atoms with van der Waals surface area (Å²) in [4.78, 5) is 15.6. The molecule has 0 aliphatic carbocycles. The van der Waals surface area contributed by atoms with E-state index in [1.54, 1.807) is 11.7 Å². The summed E-state index contributed by atoms with van der Waals surface area (Å²) in [6.07, 6.45) is 1.22. The van der Waals surface area contributed by atoms with Crippen LogP contribution in [0.2, 0.25) is 0 Å². The molecule has 0 amide bonds. The van der Waals surface area contributed by atoms with E-state index in [0.29, 0.717) is 0 Å². The Hall–Kier alpha value is -0.740. The van der Waals surface area contributed by atoms with Crippen molar-refractivity contribution in [2.24, 2.45) is 0 Å². The van der Waals surface area contributed by atoms with Crippen LogP contribution in [0.1, 0.15) is 17.9 Å². The SMILES string of the molecule is COC(C(C)=O)c1cncs1. The lowest BCUT2D eigenvalue weighted by atomic mass is 10.2. The molecule has 0 spiro atoms. The van der Waals surface area contributed by atoms with Crippen molar-refractivity contribution in [3.8, 4) is 0 Å². The molecule has 11 heavy (non-hydrogen) atoms. The Labute approximate surface area is 69.0 Å². The molecule has 1 rings (SSSR count). The number of rotatable bonds is 3. The number of thiazole rings is 1. The van der Waals surface area contributed by atoms with Crippen molar-refractivity contribution in [2.45, 2.75) is 13.0 Å². The highest BCUT2D eigenvalue weighted by Gasteiger charge is 2.16. The standard InChI is InChI=1S/C7H9NO2S/c1-5(9)7(10-2)6-3-8-4-11-6/h3-4,7H,1-2H3. The van der Waals surface area contributed by atoms with Crippen molar-refractivity contribution in [3.05, 3.63) is 16.6 Å². The molecule has 0 fully saturated rings. The van der Waals surface area contributed by atoms with Gasteiger partial charge in [0.15, 0.2) is 11.9 Å². The van der Waals surface area contributed by atoms with Crippen molar-refractivity contribution in [1.82, 2.24) is 4.98 Å². The van der Waals surface area contributed by atoms with E-state index in [1.165, 1.54) is 25.4 Å². The van der Waals surface area contributed by atoms with Crippen LogP contribution in [0, 0.1) is 0 Å². The van der Waals surface area contributed by atoms with Gasteiger partial charge in [-0.15, -0.1) is 11.3 Å². The number of aromatic nitrogens is 1. The number of nitrogens with zero attached hydrogens (tertiary/aromatic N) is 1. The van der Waals surface area contributed by atoms with E-state index in [2.05, 4.69) is 4.98 Å². The van der Waals surface area contributed by atoms with E-state index >= 15 is 0 Å². The third kappa shape index (κ3) is 1.85. The average molecular weight is 171 g/mol. The molecule has 0 aliphatic rings. The molecule has 60 valence electrons. The van der Waals surface area contributed by atoms with Gasteiger partial charge < -0.3 is 4.74 Å². The molecule has 1 heterocycles. The highest BCUT2D eigenvalue weighted by atomic mass is 32.1. The Morgan fingerprint density at radius 2 is 2.55 bits per heavy atom. The second-order valence-electron chi connectivity index (χ2n) is 2.13. The van der Waals surface area contributed by atoms with E-state index < -0.39 is 6.10 Å². The van der Waals surface area contributed by atoms with Gasteiger partial charge in [0, 0.05) is 13.3 Å². The lowest BCUT2D eigenvalue weighted by Gasteiger charge is -2.07. The smallest absolute Gasteiger partial charge is 0.163 e. The third-order valence-corrected chi connectivity index (χ3v) is 2.13. The highest BCUT2D eigenvalue weighted by molar-refractivity contribution is 7.09. The molecule has 1 atom stereocenters. The van der Waals surface area contributed by atoms with Gasteiger partial charge >= 0.3 is 0 Å². The second kappa shape index (κ2) is 3.59. The molecular weight excluding hydrogens is 162 g/mol. The molecule has 1 aromatic rings. The van der Waals surface area contributed by atoms with E-state index in [9.17, 15) is 4.79 Å². The Morgan fingerprint density at radius 3 is 2.91 bits per heavy atom. The lowest BCUT2D eigenvalue weighted by Crippen LogP contribution is -2.08. The van der Waals surface area contributed by atoms with Gasteiger partial charge in [-0.2, -0.15) is 0 Å². The Bertz CT molecular complexity index is 233. The maximum absolute atomic E-state index is 10.9.